The molecule has 1 fully saturated rings. The minimum atomic E-state index is -0.979. The van der Waals surface area contributed by atoms with Crippen molar-refractivity contribution in [2.75, 3.05) is 13.1 Å². The van der Waals surface area contributed by atoms with Crippen LogP contribution in [-0.4, -0.2) is 40.7 Å². The van der Waals surface area contributed by atoms with Gasteiger partial charge in [0.1, 0.15) is 6.17 Å². The van der Waals surface area contributed by atoms with Crippen LogP contribution in [0.3, 0.4) is 0 Å². The molecule has 1 saturated heterocycles. The molecule has 1 aliphatic heterocycles. The Hall–Kier alpha value is -2.54. The van der Waals surface area contributed by atoms with E-state index in [9.17, 15) is 18.4 Å². The molecule has 2 heterocycles. The number of halogens is 2. The van der Waals surface area contributed by atoms with Crippen LogP contribution in [0, 0.1) is 5.95 Å². The first-order valence-corrected chi connectivity index (χ1v) is 8.94. The minimum absolute atomic E-state index is 0.101. The maximum atomic E-state index is 14.3. The number of carbonyl (C=O) groups excluding carboxylic acids is 1. The van der Waals surface area contributed by atoms with Gasteiger partial charge in [-0.05, 0) is 23.6 Å². The third-order valence-corrected chi connectivity index (χ3v) is 5.25. The topological polar surface area (TPSA) is 68.3 Å². The van der Waals surface area contributed by atoms with Gasteiger partial charge in [0.2, 0.25) is 11.9 Å². The monoisotopic (exact) mass is 375 g/mol. The Kier molecular flexibility index (Phi) is 5.41. The van der Waals surface area contributed by atoms with Crippen molar-refractivity contribution in [3.05, 3.63) is 58.3 Å². The third-order valence-electron chi connectivity index (χ3n) is 5.25. The maximum Gasteiger partial charge on any atom is 0.252 e. The summed E-state index contributed by atoms with van der Waals surface area (Å²) < 4.78 is 28.6. The average molecular weight is 375 g/mol. The molecule has 0 unspecified atom stereocenters. The Morgan fingerprint density at radius 1 is 1.22 bits per heavy atom. The van der Waals surface area contributed by atoms with Crippen LogP contribution in [0.4, 0.5) is 8.78 Å². The Morgan fingerprint density at radius 3 is 2.48 bits per heavy atom. The van der Waals surface area contributed by atoms with Gasteiger partial charge in [0, 0.05) is 31.1 Å². The molecule has 2 aromatic rings. The fourth-order valence-corrected chi connectivity index (χ4v) is 3.34. The molecule has 1 aromatic carbocycles. The maximum absolute atomic E-state index is 14.3. The lowest BCUT2D eigenvalue weighted by molar-refractivity contribution is -0.132. The predicted octanol–water partition coefficient (Wildman–Crippen LogP) is 2.19. The standard InChI is InChI=1S/C20H23F2N3O2/c1-12(18(23)20(27)25-10-9-15(21)11-25)13-3-5-14(6-4-13)16-7-8-17(26)24(2)19(16)22/h3-8,12,15,18H,9-11,23H2,1-2H3/t12-,15-,18-/m0/s1. The summed E-state index contributed by atoms with van der Waals surface area (Å²) >= 11 is 0. The Labute approximate surface area is 156 Å². The Morgan fingerprint density at radius 2 is 1.89 bits per heavy atom. The number of hydrogen-bond donors (Lipinski definition) is 1. The van der Waals surface area contributed by atoms with Gasteiger partial charge in [-0.15, -0.1) is 0 Å². The van der Waals surface area contributed by atoms with Crippen molar-refractivity contribution in [3.8, 4) is 11.1 Å². The second kappa shape index (κ2) is 7.60. The third kappa shape index (κ3) is 3.78. The number of likely N-dealkylation sites (tertiary alicyclic amines) is 1. The molecule has 7 heteroatoms. The van der Waals surface area contributed by atoms with Crippen LogP contribution in [0.2, 0.25) is 0 Å². The van der Waals surface area contributed by atoms with E-state index in [2.05, 4.69) is 0 Å². The first-order chi connectivity index (χ1) is 12.8. The van der Waals surface area contributed by atoms with E-state index in [1.165, 1.54) is 24.1 Å². The van der Waals surface area contributed by atoms with Gasteiger partial charge >= 0.3 is 0 Å². The number of alkyl halides is 1. The molecule has 3 atom stereocenters. The van der Waals surface area contributed by atoms with Crippen LogP contribution >= 0.6 is 0 Å². The number of nitrogens with zero attached hydrogens (tertiary/aromatic N) is 2. The zero-order chi connectivity index (χ0) is 19.7. The summed E-state index contributed by atoms with van der Waals surface area (Å²) in [5.41, 5.74) is 7.48. The summed E-state index contributed by atoms with van der Waals surface area (Å²) in [6, 6.07) is 9.05. The summed E-state index contributed by atoms with van der Waals surface area (Å²) in [6.07, 6.45) is -0.625. The molecule has 0 spiro atoms. The molecule has 2 N–H and O–H groups in total. The van der Waals surface area contributed by atoms with E-state index in [1.807, 2.05) is 6.92 Å². The number of hydrogen-bond acceptors (Lipinski definition) is 3. The van der Waals surface area contributed by atoms with Gasteiger partial charge in [-0.25, -0.2) is 4.39 Å². The van der Waals surface area contributed by atoms with Crippen LogP contribution in [0.5, 0.6) is 0 Å². The van der Waals surface area contributed by atoms with Gasteiger partial charge in [-0.1, -0.05) is 31.2 Å². The molecule has 0 saturated carbocycles. The smallest absolute Gasteiger partial charge is 0.252 e. The molecule has 27 heavy (non-hydrogen) atoms. The quantitative estimate of drug-likeness (QED) is 0.833. The number of aromatic nitrogens is 1. The number of benzene rings is 1. The lowest BCUT2D eigenvalue weighted by Gasteiger charge is -2.25. The van der Waals surface area contributed by atoms with Crippen molar-refractivity contribution >= 4 is 5.91 Å². The SMILES string of the molecule is C[C@@H](c1ccc(-c2ccc(=O)n(C)c2F)cc1)[C@H](N)C(=O)N1CC[C@H](F)C1. The molecule has 0 bridgehead atoms. The fraction of sp³-hybridized carbons (Fsp3) is 0.400. The molecule has 144 valence electrons. The summed E-state index contributed by atoms with van der Waals surface area (Å²) in [7, 11) is 1.38. The summed E-state index contributed by atoms with van der Waals surface area (Å²) in [5, 5.41) is 0. The second-order valence-electron chi connectivity index (χ2n) is 7.04. The Balaban J connectivity index is 1.78. The summed E-state index contributed by atoms with van der Waals surface area (Å²) in [6.45, 7) is 2.34. The predicted molar refractivity (Wildman–Crippen MR) is 99.6 cm³/mol. The highest BCUT2D eigenvalue weighted by molar-refractivity contribution is 5.83. The molecular weight excluding hydrogens is 352 g/mol. The number of carbonyl (C=O) groups is 1. The highest BCUT2D eigenvalue weighted by Gasteiger charge is 2.32. The average Bonchev–Trinajstić information content (AvgIpc) is 3.11. The summed E-state index contributed by atoms with van der Waals surface area (Å²) in [4.78, 5) is 25.4. The number of rotatable bonds is 4. The van der Waals surface area contributed by atoms with Gasteiger partial charge in [-0.3, -0.25) is 14.2 Å². The van der Waals surface area contributed by atoms with E-state index in [0.29, 0.717) is 24.1 Å². The van der Waals surface area contributed by atoms with Gasteiger partial charge in [0.05, 0.1) is 12.6 Å². The highest BCUT2D eigenvalue weighted by Crippen LogP contribution is 2.26. The highest BCUT2D eigenvalue weighted by atomic mass is 19.1. The molecular formula is C20H23F2N3O2. The van der Waals surface area contributed by atoms with E-state index >= 15 is 0 Å². The zero-order valence-electron chi connectivity index (χ0n) is 15.4. The molecule has 0 radical (unpaired) electrons. The van der Waals surface area contributed by atoms with E-state index in [4.69, 9.17) is 5.73 Å². The van der Waals surface area contributed by atoms with Gasteiger partial charge in [0.25, 0.3) is 5.56 Å². The molecule has 5 nitrogen and oxygen atoms in total. The van der Waals surface area contributed by atoms with Crippen LogP contribution in [0.1, 0.15) is 24.8 Å². The van der Waals surface area contributed by atoms with Crippen molar-refractivity contribution in [2.45, 2.75) is 31.5 Å². The first kappa shape index (κ1) is 19.2. The van der Waals surface area contributed by atoms with E-state index < -0.39 is 23.7 Å². The summed E-state index contributed by atoms with van der Waals surface area (Å²) in [5.74, 6) is -1.13. The van der Waals surface area contributed by atoms with E-state index in [0.717, 1.165) is 10.1 Å². The van der Waals surface area contributed by atoms with E-state index in [1.54, 1.807) is 24.3 Å². The van der Waals surface area contributed by atoms with E-state index in [-0.39, 0.29) is 18.4 Å². The number of nitrogens with two attached hydrogens (primary N) is 1. The minimum Gasteiger partial charge on any atom is -0.338 e. The molecule has 1 aliphatic rings. The lowest BCUT2D eigenvalue weighted by Crippen LogP contribution is -2.45. The van der Waals surface area contributed by atoms with Crippen LogP contribution in [-0.2, 0) is 11.8 Å². The molecule has 1 aromatic heterocycles. The number of amides is 1. The normalized spacial score (nSPS) is 19.1. The largest absolute Gasteiger partial charge is 0.338 e. The van der Waals surface area contributed by atoms with Crippen LogP contribution in [0.15, 0.2) is 41.2 Å². The van der Waals surface area contributed by atoms with Crippen molar-refractivity contribution in [3.63, 3.8) is 0 Å². The molecule has 1 amide bonds. The molecule has 0 aliphatic carbocycles. The van der Waals surface area contributed by atoms with Crippen molar-refractivity contribution in [1.29, 1.82) is 0 Å². The first-order valence-electron chi connectivity index (χ1n) is 8.94. The second-order valence-corrected chi connectivity index (χ2v) is 7.04. The fourth-order valence-electron chi connectivity index (χ4n) is 3.34. The number of pyridine rings is 1. The van der Waals surface area contributed by atoms with Crippen LogP contribution in [0.25, 0.3) is 11.1 Å². The van der Waals surface area contributed by atoms with Crippen molar-refractivity contribution in [1.82, 2.24) is 9.47 Å². The van der Waals surface area contributed by atoms with Gasteiger partial charge < -0.3 is 10.6 Å². The Bertz CT molecular complexity index is 895. The van der Waals surface area contributed by atoms with Crippen molar-refractivity contribution < 1.29 is 13.6 Å². The lowest BCUT2D eigenvalue weighted by atomic mass is 9.91. The van der Waals surface area contributed by atoms with Gasteiger partial charge in [0.15, 0.2) is 0 Å². The molecule has 3 rings (SSSR count). The zero-order valence-corrected chi connectivity index (χ0v) is 15.4. The van der Waals surface area contributed by atoms with Crippen molar-refractivity contribution in [2.24, 2.45) is 12.8 Å². The van der Waals surface area contributed by atoms with Gasteiger partial charge in [-0.2, -0.15) is 4.39 Å². The van der Waals surface area contributed by atoms with Crippen LogP contribution < -0.4 is 11.3 Å².